The fourth-order valence-corrected chi connectivity index (χ4v) is 3.09. The number of nitrogens with one attached hydrogen (secondary N) is 2. The van der Waals surface area contributed by atoms with Crippen LogP contribution in [0.1, 0.15) is 21.7 Å². The molecule has 3 heterocycles. The second-order valence-electron chi connectivity index (χ2n) is 6.59. The number of hydrogen-bond donors (Lipinski definition) is 2. The fourth-order valence-electron chi connectivity index (χ4n) is 3.09. The molecule has 0 atom stereocenters. The lowest BCUT2D eigenvalue weighted by molar-refractivity contribution is -0.116. The Kier molecular flexibility index (Phi) is 4.52. The van der Waals surface area contributed by atoms with E-state index in [0.29, 0.717) is 23.6 Å². The zero-order valence-electron chi connectivity index (χ0n) is 15.6. The topological polar surface area (TPSA) is 92.2 Å². The third-order valence-corrected chi connectivity index (χ3v) is 4.77. The van der Waals surface area contributed by atoms with E-state index >= 15 is 0 Å². The van der Waals surface area contributed by atoms with Crippen LogP contribution in [0.25, 0.3) is 5.69 Å². The molecular formula is C20H20N6O2. The molecule has 0 radical (unpaired) electrons. The minimum Gasteiger partial charge on any atom is -0.359 e. The van der Waals surface area contributed by atoms with E-state index < -0.39 is 0 Å². The number of aromatic nitrogens is 3. The van der Waals surface area contributed by atoms with E-state index in [0.717, 1.165) is 17.1 Å². The molecule has 0 bridgehead atoms. The van der Waals surface area contributed by atoms with Gasteiger partial charge in [-0.3, -0.25) is 9.59 Å². The summed E-state index contributed by atoms with van der Waals surface area (Å²) >= 11 is 0. The zero-order valence-corrected chi connectivity index (χ0v) is 15.6. The van der Waals surface area contributed by atoms with Gasteiger partial charge >= 0.3 is 0 Å². The van der Waals surface area contributed by atoms with Crippen molar-refractivity contribution in [2.24, 2.45) is 0 Å². The Labute approximate surface area is 162 Å². The van der Waals surface area contributed by atoms with Crippen LogP contribution < -0.4 is 15.5 Å². The molecular weight excluding hydrogens is 356 g/mol. The van der Waals surface area contributed by atoms with Gasteiger partial charge in [0.2, 0.25) is 5.91 Å². The summed E-state index contributed by atoms with van der Waals surface area (Å²) < 4.78 is 1.99. The Balaban J connectivity index is 1.43. The number of fused-ring (bicyclic) bond motifs is 1. The Morgan fingerprint density at radius 3 is 2.75 bits per heavy atom. The summed E-state index contributed by atoms with van der Waals surface area (Å²) in [6, 6.07) is 9.59. The number of carbonyl (C=O) groups excluding carboxylic acids is 2. The number of pyridine rings is 1. The molecule has 28 heavy (non-hydrogen) atoms. The van der Waals surface area contributed by atoms with Crippen LogP contribution in [0.2, 0.25) is 0 Å². The standard InChI is InChI=1S/C20H20N6O2/c1-13-21-7-8-26(13)16-5-3-14(4-6-16)10-24-20(28)15-9-17-19(22-11-15)23-12-18(27)25(17)2/h3-9,11H,10,12H2,1-2H3,(H,22,23)(H,24,28). The molecule has 3 aromatic rings. The van der Waals surface area contributed by atoms with Crippen LogP contribution in [0.15, 0.2) is 48.9 Å². The molecule has 0 saturated heterocycles. The highest BCUT2D eigenvalue weighted by Crippen LogP contribution is 2.27. The van der Waals surface area contributed by atoms with Gasteiger partial charge in [-0.2, -0.15) is 0 Å². The molecule has 1 aliphatic rings. The molecule has 0 fully saturated rings. The van der Waals surface area contributed by atoms with Crippen LogP contribution in [0, 0.1) is 6.92 Å². The lowest BCUT2D eigenvalue weighted by atomic mass is 10.1. The zero-order chi connectivity index (χ0) is 19.7. The Morgan fingerprint density at radius 2 is 2.04 bits per heavy atom. The smallest absolute Gasteiger partial charge is 0.253 e. The summed E-state index contributed by atoms with van der Waals surface area (Å²) in [5.74, 6) is 1.21. The summed E-state index contributed by atoms with van der Waals surface area (Å²) in [7, 11) is 1.68. The van der Waals surface area contributed by atoms with E-state index in [1.54, 1.807) is 19.3 Å². The van der Waals surface area contributed by atoms with Crippen LogP contribution in [0.5, 0.6) is 0 Å². The predicted octanol–water partition coefficient (Wildman–Crippen LogP) is 1.89. The number of hydrogen-bond acceptors (Lipinski definition) is 5. The second-order valence-corrected chi connectivity index (χ2v) is 6.59. The van der Waals surface area contributed by atoms with Gasteiger partial charge in [-0.1, -0.05) is 12.1 Å². The molecule has 2 N–H and O–H groups in total. The highest BCUT2D eigenvalue weighted by Gasteiger charge is 2.22. The van der Waals surface area contributed by atoms with Crippen molar-refractivity contribution < 1.29 is 9.59 Å². The maximum absolute atomic E-state index is 12.5. The number of benzene rings is 1. The van der Waals surface area contributed by atoms with Crippen LogP contribution >= 0.6 is 0 Å². The number of nitrogens with zero attached hydrogens (tertiary/aromatic N) is 4. The van der Waals surface area contributed by atoms with Gasteiger partial charge < -0.3 is 20.1 Å². The number of amides is 2. The van der Waals surface area contributed by atoms with Gasteiger partial charge in [0, 0.05) is 37.9 Å². The van der Waals surface area contributed by atoms with Crippen molar-refractivity contribution in [3.05, 3.63) is 65.9 Å². The Morgan fingerprint density at radius 1 is 1.25 bits per heavy atom. The summed E-state index contributed by atoms with van der Waals surface area (Å²) in [5.41, 5.74) is 3.01. The van der Waals surface area contributed by atoms with Crippen molar-refractivity contribution in [2.45, 2.75) is 13.5 Å². The van der Waals surface area contributed by atoms with Crippen LogP contribution in [-0.2, 0) is 11.3 Å². The van der Waals surface area contributed by atoms with E-state index in [2.05, 4.69) is 20.6 Å². The summed E-state index contributed by atoms with van der Waals surface area (Å²) in [4.78, 5) is 34.3. The maximum Gasteiger partial charge on any atom is 0.253 e. The Bertz CT molecular complexity index is 1040. The normalized spacial score (nSPS) is 13.1. The molecule has 8 nitrogen and oxygen atoms in total. The second kappa shape index (κ2) is 7.15. The number of rotatable bonds is 4. The lowest BCUT2D eigenvalue weighted by Crippen LogP contribution is -2.37. The minimum atomic E-state index is -0.240. The first-order chi connectivity index (χ1) is 13.5. The van der Waals surface area contributed by atoms with Crippen molar-refractivity contribution in [3.8, 4) is 5.69 Å². The largest absolute Gasteiger partial charge is 0.359 e. The van der Waals surface area contributed by atoms with Crippen molar-refractivity contribution in [1.82, 2.24) is 19.9 Å². The first kappa shape index (κ1) is 17.7. The third kappa shape index (κ3) is 3.32. The lowest BCUT2D eigenvalue weighted by Gasteiger charge is -2.26. The quantitative estimate of drug-likeness (QED) is 0.726. The van der Waals surface area contributed by atoms with Gasteiger partial charge in [-0.05, 0) is 30.7 Å². The molecule has 1 aromatic carbocycles. The molecule has 4 rings (SSSR count). The maximum atomic E-state index is 12.5. The summed E-state index contributed by atoms with van der Waals surface area (Å²) in [6.07, 6.45) is 5.18. The van der Waals surface area contributed by atoms with Crippen LogP contribution in [0.4, 0.5) is 11.5 Å². The van der Waals surface area contributed by atoms with Gasteiger partial charge in [0.1, 0.15) is 11.6 Å². The van der Waals surface area contributed by atoms with Gasteiger partial charge in [0.05, 0.1) is 17.8 Å². The molecule has 0 spiro atoms. The van der Waals surface area contributed by atoms with E-state index in [1.807, 2.05) is 42.0 Å². The molecule has 1 aliphatic heterocycles. The molecule has 142 valence electrons. The van der Waals surface area contributed by atoms with Gasteiger partial charge in [-0.15, -0.1) is 0 Å². The number of likely N-dealkylation sites (N-methyl/N-ethyl adjacent to an activating group) is 1. The van der Waals surface area contributed by atoms with E-state index in [9.17, 15) is 9.59 Å². The van der Waals surface area contributed by atoms with E-state index in [4.69, 9.17) is 0 Å². The van der Waals surface area contributed by atoms with Crippen molar-refractivity contribution in [1.29, 1.82) is 0 Å². The molecule has 0 unspecified atom stereocenters. The van der Waals surface area contributed by atoms with Crippen LogP contribution in [0.3, 0.4) is 0 Å². The van der Waals surface area contributed by atoms with E-state index in [1.165, 1.54) is 11.1 Å². The fraction of sp³-hybridized carbons (Fsp3) is 0.200. The number of aryl methyl sites for hydroxylation is 1. The molecule has 2 amide bonds. The monoisotopic (exact) mass is 376 g/mol. The van der Waals surface area contributed by atoms with Gasteiger partial charge in [-0.25, -0.2) is 9.97 Å². The Hall–Kier alpha value is -3.68. The van der Waals surface area contributed by atoms with Crippen molar-refractivity contribution >= 4 is 23.3 Å². The molecule has 8 heteroatoms. The van der Waals surface area contributed by atoms with E-state index in [-0.39, 0.29) is 18.4 Å². The number of imidazole rings is 1. The molecule has 0 saturated carbocycles. The van der Waals surface area contributed by atoms with Crippen molar-refractivity contribution in [3.63, 3.8) is 0 Å². The number of carbonyl (C=O) groups is 2. The predicted molar refractivity (Wildman–Crippen MR) is 106 cm³/mol. The highest BCUT2D eigenvalue weighted by molar-refractivity contribution is 6.03. The summed E-state index contributed by atoms with van der Waals surface area (Å²) in [6.45, 7) is 2.55. The van der Waals surface area contributed by atoms with Gasteiger partial charge in [0.25, 0.3) is 5.91 Å². The summed E-state index contributed by atoms with van der Waals surface area (Å²) in [5, 5.41) is 5.84. The molecule has 2 aromatic heterocycles. The van der Waals surface area contributed by atoms with Crippen molar-refractivity contribution in [2.75, 3.05) is 23.8 Å². The molecule has 0 aliphatic carbocycles. The minimum absolute atomic E-state index is 0.0694. The first-order valence-electron chi connectivity index (χ1n) is 8.91. The third-order valence-electron chi connectivity index (χ3n) is 4.77. The average Bonchev–Trinajstić information content (AvgIpc) is 3.15. The highest BCUT2D eigenvalue weighted by atomic mass is 16.2. The van der Waals surface area contributed by atoms with Crippen LogP contribution in [-0.4, -0.2) is 39.9 Å². The first-order valence-corrected chi connectivity index (χ1v) is 8.91. The SMILES string of the molecule is Cc1nccn1-c1ccc(CNC(=O)c2cnc3c(c2)N(C)C(=O)CN3)cc1. The number of anilines is 2. The van der Waals surface area contributed by atoms with Gasteiger partial charge in [0.15, 0.2) is 0 Å². The average molecular weight is 376 g/mol.